The van der Waals surface area contributed by atoms with Crippen molar-refractivity contribution in [2.24, 2.45) is 11.3 Å². The van der Waals surface area contributed by atoms with Crippen LogP contribution in [0.2, 0.25) is 0 Å². The quantitative estimate of drug-likeness (QED) is 0.239. The van der Waals surface area contributed by atoms with Crippen LogP contribution in [0.25, 0.3) is 0 Å². The van der Waals surface area contributed by atoms with Crippen molar-refractivity contribution in [3.63, 3.8) is 0 Å². The second-order valence-electron chi connectivity index (χ2n) is 10.2. The molecule has 4 rings (SSSR count). The van der Waals surface area contributed by atoms with E-state index in [9.17, 15) is 19.2 Å². The summed E-state index contributed by atoms with van der Waals surface area (Å²) in [5.74, 6) is -0.351. The van der Waals surface area contributed by atoms with Crippen LogP contribution in [0.5, 0.6) is 0 Å². The van der Waals surface area contributed by atoms with Gasteiger partial charge in [-0.15, -0.1) is 10.2 Å². The predicted octanol–water partition coefficient (Wildman–Crippen LogP) is 3.69. The molecule has 0 unspecified atom stereocenters. The molecule has 2 N–H and O–H groups in total. The van der Waals surface area contributed by atoms with E-state index in [0.29, 0.717) is 28.5 Å². The number of methoxy groups -OCH3 is 1. The second-order valence-corrected chi connectivity index (χ2v) is 12.4. The van der Waals surface area contributed by atoms with Gasteiger partial charge in [0.2, 0.25) is 11.0 Å². The van der Waals surface area contributed by atoms with Gasteiger partial charge in [-0.05, 0) is 48.3 Å². The van der Waals surface area contributed by atoms with Crippen molar-refractivity contribution < 1.29 is 23.9 Å². The van der Waals surface area contributed by atoms with E-state index in [2.05, 4.69) is 41.6 Å². The number of ether oxygens (including phenoxy) is 1. The highest BCUT2D eigenvalue weighted by Gasteiger charge is 2.56. The summed E-state index contributed by atoms with van der Waals surface area (Å²) in [4.78, 5) is 51.0. The number of carbonyl (C=O) groups excluding carboxylic acids is 4. The molecule has 2 aliphatic rings. The molecule has 1 aromatic carbocycles. The van der Waals surface area contributed by atoms with Gasteiger partial charge in [0.1, 0.15) is 12.1 Å². The topological polar surface area (TPSA) is 131 Å². The number of hydrogen-bond donors (Lipinski definition) is 2. The molecular weight excluding hydrogens is 502 g/mol. The Kier molecular flexibility index (Phi) is 7.37. The minimum Gasteiger partial charge on any atom is -0.465 e. The molecule has 1 spiro atoms. The Morgan fingerprint density at radius 3 is 2.61 bits per heavy atom. The van der Waals surface area contributed by atoms with Crippen molar-refractivity contribution in [2.45, 2.75) is 55.7 Å². The van der Waals surface area contributed by atoms with Gasteiger partial charge < -0.3 is 10.1 Å². The van der Waals surface area contributed by atoms with Crippen LogP contribution >= 0.6 is 23.1 Å². The molecular formula is C24H29N5O5S2. The van der Waals surface area contributed by atoms with E-state index >= 15 is 0 Å². The maximum Gasteiger partial charge on any atom is 0.337 e. The summed E-state index contributed by atoms with van der Waals surface area (Å²) in [6, 6.07) is 6.53. The molecule has 4 amide bonds. The molecule has 2 atom stereocenters. The van der Waals surface area contributed by atoms with Gasteiger partial charge in [0.05, 0.1) is 12.7 Å². The van der Waals surface area contributed by atoms with Crippen molar-refractivity contribution in [1.29, 1.82) is 0 Å². The number of esters is 1. The number of rotatable bonds is 7. The highest BCUT2D eigenvalue weighted by molar-refractivity contribution is 8.00. The number of benzene rings is 1. The van der Waals surface area contributed by atoms with Gasteiger partial charge in [0.25, 0.3) is 5.91 Å². The smallest absolute Gasteiger partial charge is 0.337 e. The van der Waals surface area contributed by atoms with Gasteiger partial charge in [-0.3, -0.25) is 19.8 Å². The van der Waals surface area contributed by atoms with E-state index in [1.807, 2.05) is 12.1 Å². The minimum atomic E-state index is -0.944. The number of aromatic nitrogens is 2. The Bertz CT molecular complexity index is 1180. The molecule has 2 aromatic rings. The zero-order valence-electron chi connectivity index (χ0n) is 20.6. The highest BCUT2D eigenvalue weighted by Crippen LogP contribution is 2.46. The first-order valence-electron chi connectivity index (χ1n) is 11.6. The Labute approximate surface area is 217 Å². The molecule has 10 nitrogen and oxygen atoms in total. The SMILES string of the molecule is COC(=O)c1ccc(CSc2nnc(NC(=O)CN3C(=O)N[C@@]4(C[C@H](C)CC(C)(C)C4)C3=O)s2)cc1. The van der Waals surface area contributed by atoms with E-state index in [1.165, 1.54) is 30.2 Å². The van der Waals surface area contributed by atoms with Crippen molar-refractivity contribution >= 4 is 52.0 Å². The Morgan fingerprint density at radius 2 is 1.94 bits per heavy atom. The van der Waals surface area contributed by atoms with Crippen molar-refractivity contribution in [3.05, 3.63) is 35.4 Å². The number of nitrogens with zero attached hydrogens (tertiary/aromatic N) is 3. The lowest BCUT2D eigenvalue weighted by atomic mass is 9.64. The van der Waals surface area contributed by atoms with Gasteiger partial charge >= 0.3 is 12.0 Å². The summed E-state index contributed by atoms with van der Waals surface area (Å²) in [5, 5.41) is 13.9. The molecule has 1 aliphatic carbocycles. The average molecular weight is 532 g/mol. The first kappa shape index (κ1) is 26.1. The Morgan fingerprint density at radius 1 is 1.22 bits per heavy atom. The standard InChI is InChI=1S/C24H29N5O5S2/c1-14-9-23(2,3)13-24(10-14)19(32)29(21(33)26-24)11-17(30)25-20-27-28-22(36-20)35-12-15-5-7-16(8-6-15)18(31)34-4/h5-8,14H,9-13H2,1-4H3,(H,26,33)(H,25,27,30)/t14-,24-/m1/s1. The lowest BCUT2D eigenvalue weighted by Crippen LogP contribution is -2.54. The number of anilines is 1. The van der Waals surface area contributed by atoms with E-state index in [0.717, 1.165) is 16.9 Å². The Hall–Kier alpha value is -2.99. The fourth-order valence-electron chi connectivity index (χ4n) is 5.27. The van der Waals surface area contributed by atoms with Crippen LogP contribution in [-0.2, 0) is 20.1 Å². The normalized spacial score (nSPS) is 23.0. The molecule has 36 heavy (non-hydrogen) atoms. The first-order valence-corrected chi connectivity index (χ1v) is 13.4. The van der Waals surface area contributed by atoms with Gasteiger partial charge in [-0.1, -0.05) is 56.0 Å². The third-order valence-corrected chi connectivity index (χ3v) is 8.36. The number of hydrogen-bond acceptors (Lipinski definition) is 9. The lowest BCUT2D eigenvalue weighted by molar-refractivity contribution is -0.136. The van der Waals surface area contributed by atoms with Crippen LogP contribution in [0.15, 0.2) is 28.6 Å². The summed E-state index contributed by atoms with van der Waals surface area (Å²) >= 11 is 2.64. The number of amides is 4. The summed E-state index contributed by atoms with van der Waals surface area (Å²) < 4.78 is 5.34. The van der Waals surface area contributed by atoms with E-state index in [-0.39, 0.29) is 34.9 Å². The second kappa shape index (κ2) is 10.2. The minimum absolute atomic E-state index is 0.0805. The van der Waals surface area contributed by atoms with Gasteiger partial charge in [-0.2, -0.15) is 0 Å². The van der Waals surface area contributed by atoms with Crippen molar-refractivity contribution in [1.82, 2.24) is 20.4 Å². The maximum absolute atomic E-state index is 13.2. The number of urea groups is 1. The number of thioether (sulfide) groups is 1. The van der Waals surface area contributed by atoms with Crippen LogP contribution < -0.4 is 10.6 Å². The fourth-order valence-corrected chi connectivity index (χ4v) is 6.99. The largest absolute Gasteiger partial charge is 0.465 e. The third-order valence-electron chi connectivity index (χ3n) is 6.32. The van der Waals surface area contributed by atoms with E-state index in [1.54, 1.807) is 12.1 Å². The van der Waals surface area contributed by atoms with Crippen LogP contribution in [0.1, 0.15) is 56.0 Å². The average Bonchev–Trinajstić information content (AvgIpc) is 3.33. The fraction of sp³-hybridized carbons (Fsp3) is 0.500. The molecule has 0 radical (unpaired) electrons. The molecule has 1 saturated carbocycles. The molecule has 2 fully saturated rings. The Balaban J connectivity index is 1.31. The number of imide groups is 1. The summed E-state index contributed by atoms with van der Waals surface area (Å²) in [6.45, 7) is 5.90. The molecule has 0 bridgehead atoms. The zero-order valence-corrected chi connectivity index (χ0v) is 22.3. The van der Waals surface area contributed by atoms with E-state index in [4.69, 9.17) is 4.74 Å². The lowest BCUT2D eigenvalue weighted by Gasteiger charge is -2.43. The highest BCUT2D eigenvalue weighted by atomic mass is 32.2. The van der Waals surface area contributed by atoms with Gasteiger partial charge in [0, 0.05) is 5.75 Å². The van der Waals surface area contributed by atoms with E-state index < -0.39 is 17.5 Å². The van der Waals surface area contributed by atoms with Gasteiger partial charge in [0.15, 0.2) is 4.34 Å². The zero-order chi connectivity index (χ0) is 26.1. The predicted molar refractivity (Wildman–Crippen MR) is 136 cm³/mol. The number of carbonyl (C=O) groups is 4. The van der Waals surface area contributed by atoms with Crippen LogP contribution in [0, 0.1) is 11.3 Å². The molecule has 2 heterocycles. The maximum atomic E-state index is 13.2. The molecule has 12 heteroatoms. The van der Waals surface area contributed by atoms with Crippen LogP contribution in [0.3, 0.4) is 0 Å². The van der Waals surface area contributed by atoms with Crippen molar-refractivity contribution in [2.75, 3.05) is 19.0 Å². The monoisotopic (exact) mass is 531 g/mol. The molecule has 1 aromatic heterocycles. The van der Waals surface area contributed by atoms with Crippen LogP contribution in [0.4, 0.5) is 9.93 Å². The number of nitrogens with one attached hydrogen (secondary N) is 2. The van der Waals surface area contributed by atoms with Crippen molar-refractivity contribution in [3.8, 4) is 0 Å². The van der Waals surface area contributed by atoms with Gasteiger partial charge in [-0.25, -0.2) is 9.59 Å². The molecule has 1 saturated heterocycles. The summed E-state index contributed by atoms with van der Waals surface area (Å²) in [6.07, 6.45) is 2.10. The molecule has 1 aliphatic heterocycles. The first-order chi connectivity index (χ1) is 17.0. The third kappa shape index (κ3) is 5.70. The summed E-state index contributed by atoms with van der Waals surface area (Å²) in [7, 11) is 1.34. The van der Waals surface area contributed by atoms with Crippen LogP contribution in [-0.4, -0.2) is 58.1 Å². The summed E-state index contributed by atoms with van der Waals surface area (Å²) in [5.41, 5.74) is 0.439. The molecule has 192 valence electrons.